The molecule has 0 unspecified atom stereocenters. The second-order valence-corrected chi connectivity index (χ2v) is 2.82. The summed E-state index contributed by atoms with van der Waals surface area (Å²) in [6.45, 7) is 2.27. The molecule has 1 rings (SSSR count). The first kappa shape index (κ1) is 9.42. The molecule has 0 aliphatic carbocycles. The average Bonchev–Trinajstić information content (AvgIpc) is 2.08. The quantitative estimate of drug-likeness (QED) is 0.556. The van der Waals surface area contributed by atoms with Crippen molar-refractivity contribution in [2.24, 2.45) is 0 Å². The maximum absolute atomic E-state index is 9.52. The van der Waals surface area contributed by atoms with Gasteiger partial charge in [0.2, 0.25) is 0 Å². The minimum atomic E-state index is 0.319. The number of ether oxygens (including phenoxy) is 1. The third kappa shape index (κ3) is 2.16. The van der Waals surface area contributed by atoms with Crippen LogP contribution in [-0.4, -0.2) is 11.0 Å². The zero-order valence-electron chi connectivity index (χ0n) is 6.95. The molecule has 0 bridgehead atoms. The van der Waals surface area contributed by atoms with Gasteiger partial charge in [-0.15, -0.1) is 0 Å². The Kier molecular flexibility index (Phi) is 3.44. The molecule has 3 heteroatoms. The van der Waals surface area contributed by atoms with Crippen LogP contribution >= 0.6 is 12.6 Å². The molecule has 0 aromatic heterocycles. The molecular formula is C9H12O2S. The van der Waals surface area contributed by atoms with E-state index in [0.29, 0.717) is 18.3 Å². The normalized spacial score (nSPS) is 10.2. The van der Waals surface area contributed by atoms with Crippen LogP contribution in [0.15, 0.2) is 18.2 Å². The summed E-state index contributed by atoms with van der Waals surface area (Å²) < 4.78 is 5.06. The van der Waals surface area contributed by atoms with Gasteiger partial charge in [0.25, 0.3) is 0 Å². The van der Waals surface area contributed by atoms with Crippen LogP contribution in [0.2, 0.25) is 0 Å². The Labute approximate surface area is 77.6 Å². The Balaban J connectivity index is 2.78. The van der Waals surface area contributed by atoms with Crippen molar-refractivity contribution in [3.63, 3.8) is 0 Å². The molecule has 66 valence electrons. The summed E-state index contributed by atoms with van der Waals surface area (Å²) in [6.07, 6.45) is 0. The first-order valence-electron chi connectivity index (χ1n) is 3.71. The molecule has 0 amide bonds. The topological polar surface area (TPSA) is 29.5 Å². The molecule has 1 aromatic rings. The lowest BCUT2D eigenvalue weighted by Crippen LogP contribution is -1.91. The number of aromatic hydroxyl groups is 1. The predicted octanol–water partition coefficient (Wildman–Crippen LogP) is 2.10. The third-order valence-electron chi connectivity index (χ3n) is 1.67. The first-order chi connectivity index (χ1) is 5.75. The highest BCUT2D eigenvalue weighted by atomic mass is 32.1. The number of rotatable bonds is 3. The van der Waals surface area contributed by atoms with Crippen LogP contribution in [0, 0.1) is 6.92 Å². The van der Waals surface area contributed by atoms with Crippen LogP contribution in [-0.2, 0) is 11.3 Å². The average molecular weight is 184 g/mol. The molecule has 12 heavy (non-hydrogen) atoms. The van der Waals surface area contributed by atoms with Gasteiger partial charge in [-0.05, 0) is 12.5 Å². The molecule has 2 nitrogen and oxygen atoms in total. The molecule has 0 aliphatic rings. The number of hydrogen-bond acceptors (Lipinski definition) is 3. The second kappa shape index (κ2) is 4.38. The summed E-state index contributed by atoms with van der Waals surface area (Å²) >= 11 is 3.91. The van der Waals surface area contributed by atoms with Crippen LogP contribution in [0.1, 0.15) is 11.1 Å². The van der Waals surface area contributed by atoms with E-state index in [-0.39, 0.29) is 0 Å². The van der Waals surface area contributed by atoms with Gasteiger partial charge in [-0.3, -0.25) is 0 Å². The molecule has 0 spiro atoms. The van der Waals surface area contributed by atoms with E-state index in [9.17, 15) is 5.11 Å². The van der Waals surface area contributed by atoms with Crippen molar-refractivity contribution in [1.29, 1.82) is 0 Å². The lowest BCUT2D eigenvalue weighted by atomic mass is 10.1. The standard InChI is InChI=1S/C9H12O2S/c1-7-3-2-4-8(9(7)10)5-11-6-12/h2-4,10,12H,5-6H2,1H3. The highest BCUT2D eigenvalue weighted by Gasteiger charge is 2.02. The summed E-state index contributed by atoms with van der Waals surface area (Å²) in [5.74, 6) is 0.687. The van der Waals surface area contributed by atoms with E-state index in [1.165, 1.54) is 0 Å². The van der Waals surface area contributed by atoms with Crippen molar-refractivity contribution in [3.05, 3.63) is 29.3 Å². The van der Waals surface area contributed by atoms with E-state index in [1.807, 2.05) is 25.1 Å². The lowest BCUT2D eigenvalue weighted by molar-refractivity contribution is 0.167. The Morgan fingerprint density at radius 2 is 2.25 bits per heavy atom. The van der Waals surface area contributed by atoms with Gasteiger partial charge in [-0.25, -0.2) is 0 Å². The van der Waals surface area contributed by atoms with E-state index in [0.717, 1.165) is 11.1 Å². The fourth-order valence-corrected chi connectivity index (χ4v) is 1.08. The van der Waals surface area contributed by atoms with Crippen LogP contribution < -0.4 is 0 Å². The van der Waals surface area contributed by atoms with Gasteiger partial charge in [0.05, 0.1) is 12.5 Å². The molecule has 0 saturated heterocycles. The van der Waals surface area contributed by atoms with Crippen LogP contribution in [0.5, 0.6) is 5.75 Å². The molecule has 0 atom stereocenters. The second-order valence-electron chi connectivity index (χ2n) is 2.56. The number of phenolic OH excluding ortho intramolecular Hbond substituents is 1. The summed E-state index contributed by atoms with van der Waals surface area (Å²) in [7, 11) is 0. The maximum Gasteiger partial charge on any atom is 0.123 e. The highest BCUT2D eigenvalue weighted by molar-refractivity contribution is 7.80. The van der Waals surface area contributed by atoms with Gasteiger partial charge in [-0.1, -0.05) is 18.2 Å². The summed E-state index contributed by atoms with van der Waals surface area (Å²) in [6, 6.07) is 5.59. The van der Waals surface area contributed by atoms with E-state index in [4.69, 9.17) is 4.74 Å². The number of benzene rings is 1. The number of hydrogen-bond donors (Lipinski definition) is 2. The minimum Gasteiger partial charge on any atom is -0.507 e. The fourth-order valence-electron chi connectivity index (χ4n) is 0.992. The van der Waals surface area contributed by atoms with E-state index >= 15 is 0 Å². The van der Waals surface area contributed by atoms with Crippen molar-refractivity contribution in [2.75, 3.05) is 5.94 Å². The van der Waals surface area contributed by atoms with Crippen molar-refractivity contribution in [1.82, 2.24) is 0 Å². The SMILES string of the molecule is Cc1cccc(COCS)c1O. The van der Waals surface area contributed by atoms with Crippen molar-refractivity contribution >= 4 is 12.6 Å². The van der Waals surface area contributed by atoms with Gasteiger partial charge in [-0.2, -0.15) is 12.6 Å². The molecule has 0 radical (unpaired) electrons. The summed E-state index contributed by atoms with van der Waals surface area (Å²) in [4.78, 5) is 0. The van der Waals surface area contributed by atoms with E-state index < -0.39 is 0 Å². The van der Waals surface area contributed by atoms with Crippen molar-refractivity contribution in [2.45, 2.75) is 13.5 Å². The third-order valence-corrected chi connectivity index (χ3v) is 1.85. The van der Waals surface area contributed by atoms with Crippen LogP contribution in [0.25, 0.3) is 0 Å². The summed E-state index contributed by atoms with van der Waals surface area (Å²) in [5, 5.41) is 9.52. The van der Waals surface area contributed by atoms with E-state index in [1.54, 1.807) is 0 Å². The number of phenols is 1. The molecular weight excluding hydrogens is 172 g/mol. The number of thiol groups is 1. The molecule has 1 N–H and O–H groups in total. The Bertz CT molecular complexity index is 261. The highest BCUT2D eigenvalue weighted by Crippen LogP contribution is 2.21. The Morgan fingerprint density at radius 3 is 2.92 bits per heavy atom. The number of para-hydroxylation sites is 1. The van der Waals surface area contributed by atoms with Gasteiger partial charge in [0.15, 0.2) is 0 Å². The number of aryl methyl sites for hydroxylation is 1. The first-order valence-corrected chi connectivity index (χ1v) is 4.35. The molecule has 1 aromatic carbocycles. The van der Waals surface area contributed by atoms with Crippen molar-refractivity contribution in [3.8, 4) is 5.75 Å². The van der Waals surface area contributed by atoms with Crippen LogP contribution in [0.4, 0.5) is 0 Å². The molecule has 0 heterocycles. The largest absolute Gasteiger partial charge is 0.507 e. The van der Waals surface area contributed by atoms with Crippen LogP contribution in [0.3, 0.4) is 0 Å². The van der Waals surface area contributed by atoms with Crippen molar-refractivity contribution < 1.29 is 9.84 Å². The fraction of sp³-hybridized carbons (Fsp3) is 0.333. The van der Waals surface area contributed by atoms with Gasteiger partial charge < -0.3 is 9.84 Å². The van der Waals surface area contributed by atoms with Gasteiger partial charge >= 0.3 is 0 Å². The monoisotopic (exact) mass is 184 g/mol. The van der Waals surface area contributed by atoms with Gasteiger partial charge in [0, 0.05) is 5.56 Å². The molecule has 0 aliphatic heterocycles. The zero-order chi connectivity index (χ0) is 8.97. The molecule has 0 saturated carbocycles. The minimum absolute atomic E-state index is 0.319. The molecule has 0 fully saturated rings. The Hall–Kier alpha value is -0.670. The summed E-state index contributed by atoms with van der Waals surface area (Å²) in [5.41, 5.74) is 1.68. The zero-order valence-corrected chi connectivity index (χ0v) is 7.84. The predicted molar refractivity (Wildman–Crippen MR) is 51.5 cm³/mol. The maximum atomic E-state index is 9.52. The van der Waals surface area contributed by atoms with E-state index in [2.05, 4.69) is 12.6 Å². The Morgan fingerprint density at radius 1 is 1.50 bits per heavy atom. The van der Waals surface area contributed by atoms with Gasteiger partial charge in [0.1, 0.15) is 5.75 Å². The lowest BCUT2D eigenvalue weighted by Gasteiger charge is -2.05. The smallest absolute Gasteiger partial charge is 0.123 e.